The minimum atomic E-state index is 0.978. The molecule has 0 atom stereocenters. The third kappa shape index (κ3) is 1.23. The molecule has 1 aliphatic rings. The second-order valence-corrected chi connectivity index (χ2v) is 2.20. The molecule has 0 aliphatic carbocycles. The van der Waals surface area contributed by atoms with Crippen LogP contribution in [0.1, 0.15) is 12.8 Å². The smallest absolute Gasteiger partial charge is 0.178 e. The first kappa shape index (κ1) is 6.15. The molecular weight excluding hydrogens is 114 g/mol. The summed E-state index contributed by atoms with van der Waals surface area (Å²) in [5, 5.41) is 0. The second-order valence-electron chi connectivity index (χ2n) is 2.20. The lowest BCUT2D eigenvalue weighted by atomic mass is 10.3. The van der Waals surface area contributed by atoms with Gasteiger partial charge in [-0.25, -0.2) is 4.79 Å². The van der Waals surface area contributed by atoms with Gasteiger partial charge >= 0.3 is 0 Å². The molecule has 0 N–H and O–H groups in total. The number of rotatable bonds is 0. The van der Waals surface area contributed by atoms with Gasteiger partial charge in [0.25, 0.3) is 0 Å². The Labute approximate surface area is 54.5 Å². The van der Waals surface area contributed by atoms with Gasteiger partial charge in [-0.05, 0) is 18.6 Å². The Balaban J connectivity index is 2.82. The predicted molar refractivity (Wildman–Crippen MR) is 34.6 cm³/mol. The van der Waals surface area contributed by atoms with Crippen LogP contribution in [0.25, 0.3) is 0 Å². The molecule has 0 saturated carbocycles. The number of hydrogen-bond acceptors (Lipinski definition) is 2. The van der Waals surface area contributed by atoms with Gasteiger partial charge in [0.05, 0.1) is 5.70 Å². The lowest BCUT2D eigenvalue weighted by molar-refractivity contribution is 0.482. The van der Waals surface area contributed by atoms with Crippen LogP contribution < -0.4 is 0 Å². The van der Waals surface area contributed by atoms with E-state index in [1.807, 2.05) is 11.9 Å². The third-order valence-corrected chi connectivity index (χ3v) is 1.56. The Morgan fingerprint density at radius 2 is 2.44 bits per heavy atom. The van der Waals surface area contributed by atoms with E-state index in [0.717, 1.165) is 25.1 Å². The Hall–Kier alpha value is -0.970. The average Bonchev–Trinajstić information content (AvgIpc) is 2.18. The topological polar surface area (TPSA) is 20.3 Å². The van der Waals surface area contributed by atoms with Crippen LogP contribution >= 0.6 is 0 Å². The van der Waals surface area contributed by atoms with E-state index in [9.17, 15) is 4.79 Å². The first-order chi connectivity index (χ1) is 4.34. The van der Waals surface area contributed by atoms with Crippen LogP contribution in [0.3, 0.4) is 0 Å². The van der Waals surface area contributed by atoms with Gasteiger partial charge in [0.1, 0.15) is 0 Å². The molecule has 0 bridgehead atoms. The number of hydrogen-bond donors (Lipinski definition) is 0. The van der Waals surface area contributed by atoms with E-state index >= 15 is 0 Å². The van der Waals surface area contributed by atoms with Crippen LogP contribution in [0.5, 0.6) is 0 Å². The molecule has 1 heterocycles. The molecule has 0 aromatic heterocycles. The molecule has 0 aromatic carbocycles. The molecule has 2 heteroatoms. The molecule has 1 aliphatic heterocycles. The van der Waals surface area contributed by atoms with Crippen molar-refractivity contribution >= 4 is 5.94 Å². The molecule has 48 valence electrons. The van der Waals surface area contributed by atoms with E-state index in [2.05, 4.69) is 5.73 Å². The van der Waals surface area contributed by atoms with Gasteiger partial charge in [0.15, 0.2) is 5.94 Å². The summed E-state index contributed by atoms with van der Waals surface area (Å²) in [6, 6.07) is 0. The molecule has 0 unspecified atom stereocenters. The number of carbonyl (C=O) groups excluding carboxylic acids is 1. The number of nitrogens with zero attached hydrogens (tertiary/aromatic N) is 1. The fourth-order valence-corrected chi connectivity index (χ4v) is 1.03. The van der Waals surface area contributed by atoms with Crippen molar-refractivity contribution in [1.29, 1.82) is 0 Å². The van der Waals surface area contributed by atoms with E-state index < -0.39 is 0 Å². The van der Waals surface area contributed by atoms with Crippen LogP contribution in [0.4, 0.5) is 0 Å². The summed E-state index contributed by atoms with van der Waals surface area (Å²) in [5.74, 6) is 1.66. The van der Waals surface area contributed by atoms with Gasteiger partial charge in [-0.1, -0.05) is 0 Å². The minimum absolute atomic E-state index is 0.978. The highest BCUT2D eigenvalue weighted by Crippen LogP contribution is 2.15. The SMILES string of the molecule is CN1CCCC1=C=C=O. The monoisotopic (exact) mass is 123 g/mol. The first-order valence-corrected chi connectivity index (χ1v) is 3.04. The summed E-state index contributed by atoms with van der Waals surface area (Å²) in [6.07, 6.45) is 2.12. The van der Waals surface area contributed by atoms with Crippen molar-refractivity contribution in [2.24, 2.45) is 0 Å². The van der Waals surface area contributed by atoms with Crippen LogP contribution in [-0.2, 0) is 4.79 Å². The maximum absolute atomic E-state index is 9.82. The van der Waals surface area contributed by atoms with E-state index in [1.165, 1.54) is 0 Å². The van der Waals surface area contributed by atoms with Crippen molar-refractivity contribution in [3.63, 3.8) is 0 Å². The van der Waals surface area contributed by atoms with Crippen molar-refractivity contribution in [3.05, 3.63) is 11.4 Å². The molecule has 1 saturated heterocycles. The van der Waals surface area contributed by atoms with E-state index in [4.69, 9.17) is 0 Å². The standard InChI is InChI=1S/C7H9NO/c1-8-5-2-3-7(8)4-6-9/h2-3,5H2,1H3. The van der Waals surface area contributed by atoms with Crippen molar-refractivity contribution in [1.82, 2.24) is 4.90 Å². The molecule has 0 radical (unpaired) electrons. The molecular formula is C7H9NO. The van der Waals surface area contributed by atoms with Crippen molar-refractivity contribution in [2.45, 2.75) is 12.8 Å². The summed E-state index contributed by atoms with van der Waals surface area (Å²) < 4.78 is 0. The Morgan fingerprint density at radius 1 is 1.67 bits per heavy atom. The van der Waals surface area contributed by atoms with Crippen molar-refractivity contribution < 1.29 is 4.79 Å². The summed E-state index contributed by atoms with van der Waals surface area (Å²) in [5.41, 5.74) is 3.52. The Bertz CT molecular complexity index is 185. The first-order valence-electron chi connectivity index (χ1n) is 3.04. The van der Waals surface area contributed by atoms with Crippen molar-refractivity contribution in [3.8, 4) is 0 Å². The normalized spacial score (nSPS) is 17.4. The lowest BCUT2D eigenvalue weighted by Gasteiger charge is -2.07. The van der Waals surface area contributed by atoms with Gasteiger partial charge in [0, 0.05) is 13.6 Å². The quantitative estimate of drug-likeness (QED) is 0.347. The zero-order valence-electron chi connectivity index (χ0n) is 5.48. The zero-order chi connectivity index (χ0) is 6.69. The predicted octanol–water partition coefficient (Wildman–Crippen LogP) is 0.583. The molecule has 0 aromatic rings. The highest BCUT2D eigenvalue weighted by Gasteiger charge is 2.10. The molecule has 2 nitrogen and oxygen atoms in total. The highest BCUT2D eigenvalue weighted by molar-refractivity contribution is 5.45. The average molecular weight is 123 g/mol. The lowest BCUT2D eigenvalue weighted by Crippen LogP contribution is -2.08. The Morgan fingerprint density at radius 3 is 2.89 bits per heavy atom. The summed E-state index contributed by atoms with van der Waals surface area (Å²) in [6.45, 7) is 1.05. The number of likely N-dealkylation sites (tertiary alicyclic amines) is 1. The van der Waals surface area contributed by atoms with E-state index in [1.54, 1.807) is 5.94 Å². The van der Waals surface area contributed by atoms with Crippen LogP contribution in [-0.4, -0.2) is 24.4 Å². The molecule has 1 fully saturated rings. The van der Waals surface area contributed by atoms with Gasteiger partial charge in [-0.3, -0.25) is 0 Å². The minimum Gasteiger partial charge on any atom is -0.371 e. The Kier molecular flexibility index (Phi) is 1.74. The van der Waals surface area contributed by atoms with E-state index in [-0.39, 0.29) is 0 Å². The maximum atomic E-state index is 9.82. The number of allylic oxidation sites excluding steroid dienone is 1. The highest BCUT2D eigenvalue weighted by atomic mass is 16.1. The fourth-order valence-electron chi connectivity index (χ4n) is 1.03. The largest absolute Gasteiger partial charge is 0.371 e. The summed E-state index contributed by atoms with van der Waals surface area (Å²) in [7, 11) is 1.96. The van der Waals surface area contributed by atoms with Crippen molar-refractivity contribution in [2.75, 3.05) is 13.6 Å². The van der Waals surface area contributed by atoms with Gasteiger partial charge in [-0.15, -0.1) is 0 Å². The van der Waals surface area contributed by atoms with Crippen LogP contribution in [0.15, 0.2) is 11.4 Å². The van der Waals surface area contributed by atoms with Gasteiger partial charge in [0.2, 0.25) is 0 Å². The van der Waals surface area contributed by atoms with Crippen LogP contribution in [0.2, 0.25) is 0 Å². The second kappa shape index (κ2) is 2.54. The molecule has 0 amide bonds. The maximum Gasteiger partial charge on any atom is 0.178 e. The van der Waals surface area contributed by atoms with E-state index in [0.29, 0.717) is 0 Å². The summed E-state index contributed by atoms with van der Waals surface area (Å²) in [4.78, 5) is 11.9. The van der Waals surface area contributed by atoms with Gasteiger partial charge < -0.3 is 4.90 Å². The molecule has 1 rings (SSSR count). The molecule has 9 heavy (non-hydrogen) atoms. The molecule has 0 spiro atoms. The van der Waals surface area contributed by atoms with Crippen LogP contribution in [0, 0.1) is 0 Å². The third-order valence-electron chi connectivity index (χ3n) is 1.56. The summed E-state index contributed by atoms with van der Waals surface area (Å²) >= 11 is 0. The zero-order valence-corrected chi connectivity index (χ0v) is 5.48. The van der Waals surface area contributed by atoms with Gasteiger partial charge in [-0.2, -0.15) is 0 Å². The fraction of sp³-hybridized carbons (Fsp3) is 0.571.